The molecule has 1 N–H and O–H groups in total. The molecule has 0 saturated heterocycles. The second kappa shape index (κ2) is 6.39. The normalized spacial score (nSPS) is 12.6. The highest BCUT2D eigenvalue weighted by atomic mass is 19.1. The summed E-state index contributed by atoms with van der Waals surface area (Å²) >= 11 is 0. The predicted octanol–water partition coefficient (Wildman–Crippen LogP) is 2.76. The largest absolute Gasteiger partial charge is 0.343 e. The molecule has 0 aliphatic rings. The van der Waals surface area contributed by atoms with Gasteiger partial charge in [0.1, 0.15) is 5.82 Å². The third-order valence-corrected chi connectivity index (χ3v) is 3.41. The summed E-state index contributed by atoms with van der Waals surface area (Å²) in [6.45, 7) is 1.82. The zero-order valence-electron chi connectivity index (χ0n) is 12.5. The van der Waals surface area contributed by atoms with Crippen molar-refractivity contribution in [1.82, 2.24) is 19.9 Å². The van der Waals surface area contributed by atoms with Gasteiger partial charge in [-0.1, -0.05) is 24.3 Å². The lowest BCUT2D eigenvalue weighted by atomic mass is 10.2. The molecule has 0 saturated carbocycles. The molecule has 2 heterocycles. The number of carbonyl (C=O) groups excluding carboxylic acids is 1. The van der Waals surface area contributed by atoms with Crippen LogP contribution in [0.1, 0.15) is 24.4 Å². The van der Waals surface area contributed by atoms with Crippen molar-refractivity contribution in [2.75, 3.05) is 0 Å². The highest BCUT2D eigenvalue weighted by molar-refractivity contribution is 5.91. The lowest BCUT2D eigenvalue weighted by Gasteiger charge is -2.10. The number of aromatic nitrogens is 3. The summed E-state index contributed by atoms with van der Waals surface area (Å²) in [5, 5.41) is 10.9. The van der Waals surface area contributed by atoms with Crippen molar-refractivity contribution in [3.63, 3.8) is 0 Å². The number of fused-ring (bicyclic) bond motifs is 1. The Morgan fingerprint density at radius 1 is 1.22 bits per heavy atom. The molecule has 0 radical (unpaired) electrons. The molecule has 1 aromatic carbocycles. The quantitative estimate of drug-likeness (QED) is 0.754. The van der Waals surface area contributed by atoms with Crippen LogP contribution in [-0.4, -0.2) is 20.5 Å². The SMILES string of the molecule is CC(NC(=O)/C=C/c1ccccc1F)c1nnc2ccccn12. The van der Waals surface area contributed by atoms with Crippen LogP contribution in [0.5, 0.6) is 0 Å². The number of halogens is 1. The van der Waals surface area contributed by atoms with E-state index < -0.39 is 0 Å². The number of nitrogens with zero attached hydrogens (tertiary/aromatic N) is 3. The number of amides is 1. The van der Waals surface area contributed by atoms with Crippen LogP contribution in [0.4, 0.5) is 4.39 Å². The van der Waals surface area contributed by atoms with Crippen molar-refractivity contribution < 1.29 is 9.18 Å². The van der Waals surface area contributed by atoms with Gasteiger partial charge in [-0.15, -0.1) is 10.2 Å². The van der Waals surface area contributed by atoms with E-state index in [4.69, 9.17) is 0 Å². The minimum atomic E-state index is -0.368. The molecular formula is C17H15FN4O. The Kier molecular flexibility index (Phi) is 4.14. The maximum atomic E-state index is 13.5. The molecular weight excluding hydrogens is 295 g/mol. The van der Waals surface area contributed by atoms with Crippen LogP contribution in [0.2, 0.25) is 0 Å². The van der Waals surface area contributed by atoms with Gasteiger partial charge in [-0.2, -0.15) is 0 Å². The van der Waals surface area contributed by atoms with Gasteiger partial charge < -0.3 is 5.32 Å². The Morgan fingerprint density at radius 2 is 2.00 bits per heavy atom. The van der Waals surface area contributed by atoms with E-state index in [9.17, 15) is 9.18 Å². The highest BCUT2D eigenvalue weighted by Gasteiger charge is 2.14. The van der Waals surface area contributed by atoms with Gasteiger partial charge in [0, 0.05) is 17.8 Å². The summed E-state index contributed by atoms with van der Waals surface area (Å²) in [5.41, 5.74) is 1.08. The van der Waals surface area contributed by atoms with Crippen LogP contribution in [0.25, 0.3) is 11.7 Å². The maximum absolute atomic E-state index is 13.5. The van der Waals surface area contributed by atoms with E-state index >= 15 is 0 Å². The van der Waals surface area contributed by atoms with E-state index in [-0.39, 0.29) is 17.8 Å². The summed E-state index contributed by atoms with van der Waals surface area (Å²) in [7, 11) is 0. The Balaban J connectivity index is 1.71. The molecule has 1 unspecified atom stereocenters. The summed E-state index contributed by atoms with van der Waals surface area (Å²) in [5.74, 6) is -0.0604. The average molecular weight is 310 g/mol. The molecule has 5 nitrogen and oxygen atoms in total. The number of carbonyl (C=O) groups is 1. The van der Waals surface area contributed by atoms with E-state index in [0.717, 1.165) is 0 Å². The Morgan fingerprint density at radius 3 is 2.83 bits per heavy atom. The molecule has 23 heavy (non-hydrogen) atoms. The van der Waals surface area contributed by atoms with Gasteiger partial charge in [-0.3, -0.25) is 9.20 Å². The number of nitrogens with one attached hydrogen (secondary N) is 1. The summed E-state index contributed by atoms with van der Waals surface area (Å²) < 4.78 is 15.3. The fraction of sp³-hybridized carbons (Fsp3) is 0.118. The molecule has 0 fully saturated rings. The molecule has 3 rings (SSSR count). The molecule has 0 aliphatic carbocycles. The third kappa shape index (κ3) is 3.26. The molecule has 0 spiro atoms. The molecule has 1 atom stereocenters. The first kappa shape index (κ1) is 14.9. The van der Waals surface area contributed by atoms with Gasteiger partial charge >= 0.3 is 0 Å². The van der Waals surface area contributed by atoms with Crippen molar-refractivity contribution in [3.8, 4) is 0 Å². The fourth-order valence-electron chi connectivity index (χ4n) is 2.26. The number of rotatable bonds is 4. The molecule has 1 amide bonds. The number of hydrogen-bond acceptors (Lipinski definition) is 3. The van der Waals surface area contributed by atoms with Gasteiger partial charge in [-0.25, -0.2) is 4.39 Å². The molecule has 6 heteroatoms. The van der Waals surface area contributed by atoms with E-state index in [0.29, 0.717) is 17.0 Å². The van der Waals surface area contributed by atoms with Crippen molar-refractivity contribution in [2.45, 2.75) is 13.0 Å². The van der Waals surface area contributed by atoms with Gasteiger partial charge in [0.05, 0.1) is 6.04 Å². The molecule has 3 aromatic rings. The second-order valence-electron chi connectivity index (χ2n) is 5.07. The lowest BCUT2D eigenvalue weighted by molar-refractivity contribution is -0.117. The zero-order valence-corrected chi connectivity index (χ0v) is 12.5. The lowest BCUT2D eigenvalue weighted by Crippen LogP contribution is -2.26. The second-order valence-corrected chi connectivity index (χ2v) is 5.07. The van der Waals surface area contributed by atoms with Crippen LogP contribution in [0, 0.1) is 5.82 Å². The van der Waals surface area contributed by atoms with Crippen LogP contribution >= 0.6 is 0 Å². The Hall–Kier alpha value is -3.02. The smallest absolute Gasteiger partial charge is 0.244 e. The average Bonchev–Trinajstić information content (AvgIpc) is 2.98. The Labute approximate surface area is 132 Å². The van der Waals surface area contributed by atoms with Crippen LogP contribution < -0.4 is 5.32 Å². The van der Waals surface area contributed by atoms with Gasteiger partial charge in [0.15, 0.2) is 11.5 Å². The van der Waals surface area contributed by atoms with Crippen LogP contribution in [0.3, 0.4) is 0 Å². The minimum absolute atomic E-state index is 0.326. The third-order valence-electron chi connectivity index (χ3n) is 3.41. The minimum Gasteiger partial charge on any atom is -0.343 e. The standard InChI is InChI=1S/C17H15FN4O/c1-12(17-21-20-15-8-4-5-11-22(15)17)19-16(23)10-9-13-6-2-3-7-14(13)18/h2-12H,1H3,(H,19,23)/b10-9+. The van der Waals surface area contributed by atoms with Crippen LogP contribution in [-0.2, 0) is 4.79 Å². The first-order valence-electron chi connectivity index (χ1n) is 7.18. The summed E-state index contributed by atoms with van der Waals surface area (Å²) in [6, 6.07) is 11.5. The van der Waals surface area contributed by atoms with Gasteiger partial charge in [-0.05, 0) is 31.2 Å². The van der Waals surface area contributed by atoms with E-state index in [1.165, 1.54) is 18.2 Å². The number of hydrogen-bond donors (Lipinski definition) is 1. The van der Waals surface area contributed by atoms with Gasteiger partial charge in [0.25, 0.3) is 0 Å². The van der Waals surface area contributed by atoms with Gasteiger partial charge in [0.2, 0.25) is 5.91 Å². The van der Waals surface area contributed by atoms with Crippen LogP contribution in [0.15, 0.2) is 54.7 Å². The summed E-state index contributed by atoms with van der Waals surface area (Å²) in [4.78, 5) is 12.0. The monoisotopic (exact) mass is 310 g/mol. The first-order chi connectivity index (χ1) is 11.1. The highest BCUT2D eigenvalue weighted by Crippen LogP contribution is 2.12. The Bertz CT molecular complexity index is 872. The van der Waals surface area contributed by atoms with Crippen molar-refractivity contribution in [2.24, 2.45) is 0 Å². The predicted molar refractivity (Wildman–Crippen MR) is 85.0 cm³/mol. The first-order valence-corrected chi connectivity index (χ1v) is 7.18. The number of pyridine rings is 1. The number of benzene rings is 1. The maximum Gasteiger partial charge on any atom is 0.244 e. The van der Waals surface area contributed by atoms with E-state index in [1.54, 1.807) is 18.2 Å². The fourth-order valence-corrected chi connectivity index (χ4v) is 2.26. The van der Waals surface area contributed by atoms with E-state index in [2.05, 4.69) is 15.5 Å². The molecule has 116 valence electrons. The zero-order chi connectivity index (χ0) is 16.2. The van der Waals surface area contributed by atoms with E-state index in [1.807, 2.05) is 35.7 Å². The molecule has 0 bridgehead atoms. The van der Waals surface area contributed by atoms with Crippen molar-refractivity contribution in [3.05, 3.63) is 71.9 Å². The molecule has 2 aromatic heterocycles. The summed E-state index contributed by atoms with van der Waals surface area (Å²) in [6.07, 6.45) is 4.58. The van der Waals surface area contributed by atoms with Crippen molar-refractivity contribution in [1.29, 1.82) is 0 Å². The molecule has 0 aliphatic heterocycles. The van der Waals surface area contributed by atoms with Crippen molar-refractivity contribution >= 4 is 17.6 Å². The topological polar surface area (TPSA) is 59.3 Å².